The molecule has 7 heteroatoms. The van der Waals surface area contributed by atoms with E-state index in [9.17, 15) is 4.79 Å². The van der Waals surface area contributed by atoms with E-state index in [-0.39, 0.29) is 12.0 Å². The zero-order valence-electron chi connectivity index (χ0n) is 12.5. The molecule has 0 bridgehead atoms. The summed E-state index contributed by atoms with van der Waals surface area (Å²) in [4.78, 5) is 13.7. The van der Waals surface area contributed by atoms with Crippen LogP contribution in [-0.2, 0) is 19.0 Å². The number of nitrogens with two attached hydrogens (primary N) is 1. The minimum Gasteiger partial charge on any atom is -0.385 e. The largest absolute Gasteiger partial charge is 0.385 e. The van der Waals surface area contributed by atoms with E-state index in [0.29, 0.717) is 6.61 Å². The van der Waals surface area contributed by atoms with E-state index in [1.807, 2.05) is 0 Å². The third-order valence-corrected chi connectivity index (χ3v) is 3.44. The number of nitrogens with one attached hydrogen (secondary N) is 1. The van der Waals surface area contributed by atoms with Crippen LogP contribution in [0.3, 0.4) is 0 Å². The molecule has 1 saturated heterocycles. The highest BCUT2D eigenvalue weighted by molar-refractivity contribution is 5.80. The van der Waals surface area contributed by atoms with Gasteiger partial charge in [0.05, 0.1) is 12.7 Å². The maximum absolute atomic E-state index is 11.4. The first-order valence-electron chi connectivity index (χ1n) is 7.07. The molecule has 1 heterocycles. The summed E-state index contributed by atoms with van der Waals surface area (Å²) >= 11 is 0. The van der Waals surface area contributed by atoms with Crippen molar-refractivity contribution < 1.29 is 19.0 Å². The lowest BCUT2D eigenvalue weighted by Gasteiger charge is -2.25. The molecule has 1 amide bonds. The Kier molecular flexibility index (Phi) is 8.72. The van der Waals surface area contributed by atoms with Crippen molar-refractivity contribution >= 4 is 5.91 Å². The average molecular weight is 289 g/mol. The van der Waals surface area contributed by atoms with Gasteiger partial charge in [0.25, 0.3) is 5.91 Å². The van der Waals surface area contributed by atoms with Gasteiger partial charge in [-0.1, -0.05) is 0 Å². The van der Waals surface area contributed by atoms with Crippen molar-refractivity contribution in [3.8, 4) is 0 Å². The Morgan fingerprint density at radius 3 is 2.70 bits per heavy atom. The Bertz CT molecular complexity index is 278. The van der Waals surface area contributed by atoms with Gasteiger partial charge in [-0.25, -0.2) is 5.84 Å². The zero-order chi connectivity index (χ0) is 14.8. The molecule has 1 fully saturated rings. The van der Waals surface area contributed by atoms with E-state index in [1.54, 1.807) is 14.2 Å². The molecule has 0 saturated carbocycles. The molecule has 3 N–H and O–H groups in total. The van der Waals surface area contributed by atoms with Gasteiger partial charge in [-0.05, 0) is 19.3 Å². The van der Waals surface area contributed by atoms with E-state index >= 15 is 0 Å². The Morgan fingerprint density at radius 2 is 2.05 bits per heavy atom. The highest BCUT2D eigenvalue weighted by Crippen LogP contribution is 2.20. The van der Waals surface area contributed by atoms with Gasteiger partial charge in [0.2, 0.25) is 0 Å². The second kappa shape index (κ2) is 10.1. The summed E-state index contributed by atoms with van der Waals surface area (Å²) in [5.41, 5.74) is 2.14. The van der Waals surface area contributed by atoms with Crippen LogP contribution in [0.25, 0.3) is 0 Å². The molecule has 2 atom stereocenters. The normalized spacial score (nSPS) is 22.4. The van der Waals surface area contributed by atoms with Crippen LogP contribution in [0.1, 0.15) is 19.3 Å². The Balaban J connectivity index is 2.34. The van der Waals surface area contributed by atoms with Crippen LogP contribution in [-0.4, -0.2) is 70.1 Å². The number of hydrogen-bond donors (Lipinski definition) is 2. The first-order chi connectivity index (χ1) is 9.71. The molecular formula is C13H27N3O4. The van der Waals surface area contributed by atoms with Crippen LogP contribution in [0.15, 0.2) is 0 Å². The summed E-state index contributed by atoms with van der Waals surface area (Å²) in [6.45, 7) is 4.03. The summed E-state index contributed by atoms with van der Waals surface area (Å²) in [7, 11) is 3.40. The van der Waals surface area contributed by atoms with Crippen molar-refractivity contribution in [2.75, 3.05) is 47.1 Å². The average Bonchev–Trinajstić information content (AvgIpc) is 2.92. The van der Waals surface area contributed by atoms with Crippen molar-refractivity contribution in [1.29, 1.82) is 0 Å². The molecule has 0 aliphatic carbocycles. The van der Waals surface area contributed by atoms with E-state index in [1.165, 1.54) is 0 Å². The predicted octanol–water partition coefficient (Wildman–Crippen LogP) is -0.491. The van der Waals surface area contributed by atoms with E-state index in [2.05, 4.69) is 10.3 Å². The third kappa shape index (κ3) is 6.15. The van der Waals surface area contributed by atoms with Crippen molar-refractivity contribution in [3.63, 3.8) is 0 Å². The van der Waals surface area contributed by atoms with Gasteiger partial charge in [-0.3, -0.25) is 15.1 Å². The van der Waals surface area contributed by atoms with Crippen LogP contribution in [0.5, 0.6) is 0 Å². The number of rotatable bonds is 10. The minimum atomic E-state index is -0.409. The van der Waals surface area contributed by atoms with Gasteiger partial charge in [0, 0.05) is 40.5 Å². The smallest absolute Gasteiger partial charge is 0.263 e. The maximum Gasteiger partial charge on any atom is 0.263 e. The fourth-order valence-electron chi connectivity index (χ4n) is 2.36. The van der Waals surface area contributed by atoms with Crippen molar-refractivity contribution in [2.45, 2.75) is 31.5 Å². The van der Waals surface area contributed by atoms with Crippen molar-refractivity contribution in [1.82, 2.24) is 10.3 Å². The van der Waals surface area contributed by atoms with Crippen LogP contribution in [0, 0.1) is 0 Å². The molecule has 0 aromatic rings. The summed E-state index contributed by atoms with van der Waals surface area (Å²) in [6.07, 6.45) is 2.25. The Morgan fingerprint density at radius 1 is 1.30 bits per heavy atom. The Labute approximate surface area is 120 Å². The molecule has 1 aliphatic rings. The molecule has 0 aromatic heterocycles. The van der Waals surface area contributed by atoms with Gasteiger partial charge in [-0.2, -0.15) is 0 Å². The number of carbonyl (C=O) groups is 1. The van der Waals surface area contributed by atoms with E-state index in [0.717, 1.165) is 45.5 Å². The molecular weight excluding hydrogens is 262 g/mol. The summed E-state index contributed by atoms with van der Waals surface area (Å²) in [5.74, 6) is 4.88. The molecule has 1 rings (SSSR count). The lowest BCUT2D eigenvalue weighted by molar-refractivity contribution is -0.132. The van der Waals surface area contributed by atoms with Gasteiger partial charge < -0.3 is 14.2 Å². The quantitative estimate of drug-likeness (QED) is 0.244. The molecule has 0 radical (unpaired) electrons. The number of nitrogens with zero attached hydrogens (tertiary/aromatic N) is 1. The highest BCUT2D eigenvalue weighted by atomic mass is 16.5. The lowest BCUT2D eigenvalue weighted by Crippen LogP contribution is -2.40. The van der Waals surface area contributed by atoms with Crippen LogP contribution < -0.4 is 11.3 Å². The number of carbonyl (C=O) groups excluding carboxylic acids is 1. The molecule has 0 aromatic carbocycles. The predicted molar refractivity (Wildman–Crippen MR) is 75.0 cm³/mol. The van der Waals surface area contributed by atoms with Gasteiger partial charge in [-0.15, -0.1) is 0 Å². The number of hydrazine groups is 1. The summed E-state index contributed by atoms with van der Waals surface area (Å²) in [6, 6.07) is 0. The SMILES string of the molecule is COCCCN(CCOC)CC1CCC(C(=O)NN)O1. The number of amides is 1. The van der Waals surface area contributed by atoms with Crippen LogP contribution in [0.2, 0.25) is 0 Å². The third-order valence-electron chi connectivity index (χ3n) is 3.44. The molecule has 118 valence electrons. The van der Waals surface area contributed by atoms with E-state index in [4.69, 9.17) is 20.1 Å². The number of hydrogen-bond acceptors (Lipinski definition) is 6. The first kappa shape index (κ1) is 17.3. The van der Waals surface area contributed by atoms with E-state index < -0.39 is 6.10 Å². The second-order valence-electron chi connectivity index (χ2n) is 4.97. The van der Waals surface area contributed by atoms with Crippen molar-refractivity contribution in [3.05, 3.63) is 0 Å². The number of ether oxygens (including phenoxy) is 3. The van der Waals surface area contributed by atoms with Gasteiger partial charge >= 0.3 is 0 Å². The molecule has 7 nitrogen and oxygen atoms in total. The standard InChI is InChI=1S/C13H27N3O4/c1-18-8-3-6-16(7-9-19-2)10-11-4-5-12(20-11)13(17)15-14/h11-12H,3-10,14H2,1-2H3,(H,15,17). The molecule has 2 unspecified atom stereocenters. The lowest BCUT2D eigenvalue weighted by atomic mass is 10.2. The highest BCUT2D eigenvalue weighted by Gasteiger charge is 2.31. The van der Waals surface area contributed by atoms with Crippen LogP contribution >= 0.6 is 0 Å². The summed E-state index contributed by atoms with van der Waals surface area (Å²) < 4.78 is 15.9. The molecule has 1 aliphatic heterocycles. The fourth-order valence-corrected chi connectivity index (χ4v) is 2.36. The molecule has 20 heavy (non-hydrogen) atoms. The topological polar surface area (TPSA) is 86.1 Å². The van der Waals surface area contributed by atoms with Gasteiger partial charge in [0.15, 0.2) is 0 Å². The summed E-state index contributed by atoms with van der Waals surface area (Å²) in [5, 5.41) is 0. The molecule has 0 spiro atoms. The fraction of sp³-hybridized carbons (Fsp3) is 0.923. The zero-order valence-corrected chi connectivity index (χ0v) is 12.5. The second-order valence-corrected chi connectivity index (χ2v) is 4.97. The Hall–Kier alpha value is -0.730. The maximum atomic E-state index is 11.4. The van der Waals surface area contributed by atoms with Gasteiger partial charge in [0.1, 0.15) is 6.10 Å². The first-order valence-corrected chi connectivity index (χ1v) is 7.07. The monoisotopic (exact) mass is 289 g/mol. The minimum absolute atomic E-state index is 0.0803. The number of methoxy groups -OCH3 is 2. The van der Waals surface area contributed by atoms with Crippen LogP contribution in [0.4, 0.5) is 0 Å². The van der Waals surface area contributed by atoms with Crippen molar-refractivity contribution in [2.24, 2.45) is 5.84 Å².